The lowest BCUT2D eigenvalue weighted by atomic mass is 10.0. The van der Waals surface area contributed by atoms with Gasteiger partial charge in [-0.2, -0.15) is 0 Å². The predicted octanol–water partition coefficient (Wildman–Crippen LogP) is 4.67. The summed E-state index contributed by atoms with van der Waals surface area (Å²) in [5, 5.41) is 0. The van der Waals surface area contributed by atoms with Crippen molar-refractivity contribution in [1.82, 2.24) is 0 Å². The number of hydrogen-bond donors (Lipinski definition) is 2. The molecule has 0 spiro atoms. The molecule has 0 fully saturated rings. The Bertz CT molecular complexity index is 737. The fourth-order valence-electron chi connectivity index (χ4n) is 2.21. The zero-order valence-electron chi connectivity index (χ0n) is 11.5. The monoisotopic (exact) mass is 292 g/mol. The molecule has 0 saturated heterocycles. The second-order valence-electron chi connectivity index (χ2n) is 4.76. The molecular formula is C18H16N2S. The molecule has 21 heavy (non-hydrogen) atoms. The van der Waals surface area contributed by atoms with E-state index in [4.69, 9.17) is 11.5 Å². The Balaban J connectivity index is 2.05. The summed E-state index contributed by atoms with van der Waals surface area (Å²) < 4.78 is 0. The highest BCUT2D eigenvalue weighted by molar-refractivity contribution is 7.99. The summed E-state index contributed by atoms with van der Waals surface area (Å²) in [6, 6.07) is 24.1. The molecule has 3 rings (SSSR count). The second-order valence-corrected chi connectivity index (χ2v) is 5.87. The van der Waals surface area contributed by atoms with E-state index in [0.717, 1.165) is 27.4 Å². The maximum Gasteiger partial charge on any atom is 0.0405 e. The largest absolute Gasteiger partial charge is 0.399 e. The van der Waals surface area contributed by atoms with Gasteiger partial charge in [0.2, 0.25) is 0 Å². The minimum atomic E-state index is 0.755. The van der Waals surface area contributed by atoms with E-state index in [2.05, 4.69) is 18.2 Å². The highest BCUT2D eigenvalue weighted by atomic mass is 32.2. The molecule has 104 valence electrons. The summed E-state index contributed by atoms with van der Waals surface area (Å²) in [6.45, 7) is 0. The summed E-state index contributed by atoms with van der Waals surface area (Å²) >= 11 is 1.72. The SMILES string of the molecule is Nc1ccc(-c2c(N)cccc2Sc2ccccc2)cc1. The van der Waals surface area contributed by atoms with Crippen LogP contribution in [0.1, 0.15) is 0 Å². The zero-order chi connectivity index (χ0) is 14.7. The number of anilines is 2. The fourth-order valence-corrected chi connectivity index (χ4v) is 3.24. The van der Waals surface area contributed by atoms with E-state index < -0.39 is 0 Å². The van der Waals surface area contributed by atoms with Crippen molar-refractivity contribution in [1.29, 1.82) is 0 Å². The number of benzene rings is 3. The molecule has 0 bridgehead atoms. The van der Waals surface area contributed by atoms with E-state index in [1.54, 1.807) is 11.8 Å². The van der Waals surface area contributed by atoms with Gasteiger partial charge in [0.1, 0.15) is 0 Å². The van der Waals surface area contributed by atoms with Crippen molar-refractivity contribution in [2.45, 2.75) is 9.79 Å². The number of rotatable bonds is 3. The van der Waals surface area contributed by atoms with E-state index in [1.165, 1.54) is 4.90 Å². The van der Waals surface area contributed by atoms with Crippen molar-refractivity contribution in [3.8, 4) is 11.1 Å². The highest BCUT2D eigenvalue weighted by Gasteiger charge is 2.10. The quantitative estimate of drug-likeness (QED) is 0.690. The third kappa shape index (κ3) is 3.03. The molecule has 0 heterocycles. The maximum atomic E-state index is 6.20. The van der Waals surface area contributed by atoms with Crippen LogP contribution in [0.15, 0.2) is 82.6 Å². The lowest BCUT2D eigenvalue weighted by Crippen LogP contribution is -1.93. The van der Waals surface area contributed by atoms with Gasteiger partial charge in [0.15, 0.2) is 0 Å². The molecule has 0 atom stereocenters. The molecule has 2 nitrogen and oxygen atoms in total. The molecule has 4 N–H and O–H groups in total. The van der Waals surface area contributed by atoms with Crippen LogP contribution >= 0.6 is 11.8 Å². The zero-order valence-corrected chi connectivity index (χ0v) is 12.3. The average Bonchev–Trinajstić information content (AvgIpc) is 2.50. The highest BCUT2D eigenvalue weighted by Crippen LogP contribution is 2.39. The van der Waals surface area contributed by atoms with Gasteiger partial charge in [0.05, 0.1) is 0 Å². The average molecular weight is 292 g/mol. The van der Waals surface area contributed by atoms with Crippen LogP contribution in [0.5, 0.6) is 0 Å². The Hall–Kier alpha value is -2.39. The van der Waals surface area contributed by atoms with Crippen molar-refractivity contribution < 1.29 is 0 Å². The third-order valence-corrected chi connectivity index (χ3v) is 4.30. The molecular weight excluding hydrogens is 276 g/mol. The molecule has 3 heteroatoms. The molecule has 0 unspecified atom stereocenters. The summed E-state index contributed by atoms with van der Waals surface area (Å²) in [7, 11) is 0. The molecule has 0 aliphatic rings. The predicted molar refractivity (Wildman–Crippen MR) is 91.3 cm³/mol. The van der Waals surface area contributed by atoms with Gasteiger partial charge in [0.25, 0.3) is 0 Å². The minimum absolute atomic E-state index is 0.755. The minimum Gasteiger partial charge on any atom is -0.399 e. The lowest BCUT2D eigenvalue weighted by molar-refractivity contribution is 1.40. The first kappa shape index (κ1) is 13.6. The van der Waals surface area contributed by atoms with Crippen molar-refractivity contribution >= 4 is 23.1 Å². The normalized spacial score (nSPS) is 10.5. The van der Waals surface area contributed by atoms with Gasteiger partial charge in [-0.3, -0.25) is 0 Å². The second kappa shape index (κ2) is 5.94. The summed E-state index contributed by atoms with van der Waals surface area (Å²) in [4.78, 5) is 2.34. The van der Waals surface area contributed by atoms with Crippen LogP contribution in [0.2, 0.25) is 0 Å². The summed E-state index contributed by atoms with van der Waals surface area (Å²) in [6.07, 6.45) is 0. The molecule has 3 aromatic carbocycles. The Kier molecular flexibility index (Phi) is 3.84. The Labute approximate surface area is 128 Å². The molecule has 0 aromatic heterocycles. The number of nitrogen functional groups attached to an aromatic ring is 2. The first-order valence-electron chi connectivity index (χ1n) is 6.71. The third-order valence-electron chi connectivity index (χ3n) is 3.23. The van der Waals surface area contributed by atoms with Crippen LogP contribution < -0.4 is 11.5 Å². The van der Waals surface area contributed by atoms with Gasteiger partial charge >= 0.3 is 0 Å². The van der Waals surface area contributed by atoms with Crippen LogP contribution in [-0.2, 0) is 0 Å². The van der Waals surface area contributed by atoms with E-state index >= 15 is 0 Å². The maximum absolute atomic E-state index is 6.20. The molecule has 3 aromatic rings. The van der Waals surface area contributed by atoms with Crippen LogP contribution in [-0.4, -0.2) is 0 Å². The molecule has 0 aliphatic carbocycles. The first-order chi connectivity index (χ1) is 10.2. The Morgan fingerprint density at radius 3 is 2.10 bits per heavy atom. The van der Waals surface area contributed by atoms with Gasteiger partial charge in [0, 0.05) is 26.7 Å². The van der Waals surface area contributed by atoms with E-state index in [9.17, 15) is 0 Å². The van der Waals surface area contributed by atoms with Gasteiger partial charge in [-0.05, 0) is 42.0 Å². The van der Waals surface area contributed by atoms with Crippen LogP contribution in [0.3, 0.4) is 0 Å². The molecule has 0 saturated carbocycles. The number of hydrogen-bond acceptors (Lipinski definition) is 3. The van der Waals surface area contributed by atoms with E-state index in [1.807, 2.05) is 54.6 Å². The first-order valence-corrected chi connectivity index (χ1v) is 7.53. The van der Waals surface area contributed by atoms with Crippen LogP contribution in [0.4, 0.5) is 11.4 Å². The van der Waals surface area contributed by atoms with E-state index in [-0.39, 0.29) is 0 Å². The fraction of sp³-hybridized carbons (Fsp3) is 0. The van der Waals surface area contributed by atoms with Gasteiger partial charge < -0.3 is 11.5 Å². The van der Waals surface area contributed by atoms with Crippen LogP contribution in [0.25, 0.3) is 11.1 Å². The van der Waals surface area contributed by atoms with Crippen molar-refractivity contribution in [2.24, 2.45) is 0 Å². The molecule has 0 radical (unpaired) electrons. The molecule has 0 aliphatic heterocycles. The standard InChI is InChI=1S/C18H16N2S/c19-14-11-9-13(10-12-14)18-16(20)7-4-8-17(18)21-15-5-2-1-3-6-15/h1-12H,19-20H2. The Morgan fingerprint density at radius 2 is 1.38 bits per heavy atom. The molecule has 0 amide bonds. The van der Waals surface area contributed by atoms with E-state index in [0.29, 0.717) is 0 Å². The van der Waals surface area contributed by atoms with Crippen LogP contribution in [0, 0.1) is 0 Å². The topological polar surface area (TPSA) is 52.0 Å². The van der Waals surface area contributed by atoms with Crippen molar-refractivity contribution in [2.75, 3.05) is 11.5 Å². The Morgan fingerprint density at radius 1 is 0.667 bits per heavy atom. The van der Waals surface area contributed by atoms with Gasteiger partial charge in [-0.1, -0.05) is 48.2 Å². The summed E-state index contributed by atoms with van der Waals surface area (Å²) in [5.41, 5.74) is 15.6. The van der Waals surface area contributed by atoms with Crippen molar-refractivity contribution in [3.63, 3.8) is 0 Å². The van der Waals surface area contributed by atoms with Gasteiger partial charge in [-0.25, -0.2) is 0 Å². The van der Waals surface area contributed by atoms with Crippen molar-refractivity contribution in [3.05, 3.63) is 72.8 Å². The van der Waals surface area contributed by atoms with Gasteiger partial charge in [-0.15, -0.1) is 0 Å². The smallest absolute Gasteiger partial charge is 0.0405 e. The summed E-state index contributed by atoms with van der Waals surface area (Å²) in [5.74, 6) is 0. The lowest BCUT2D eigenvalue weighted by Gasteiger charge is -2.12. The number of nitrogens with two attached hydrogens (primary N) is 2.